The first-order chi connectivity index (χ1) is 14.1. The van der Waals surface area contributed by atoms with Gasteiger partial charge in [-0.05, 0) is 57.0 Å². The van der Waals surface area contributed by atoms with Gasteiger partial charge in [0.15, 0.2) is 0 Å². The zero-order valence-corrected chi connectivity index (χ0v) is 17.2. The lowest BCUT2D eigenvalue weighted by Gasteiger charge is -2.46. The van der Waals surface area contributed by atoms with E-state index in [2.05, 4.69) is 112 Å². The van der Waals surface area contributed by atoms with Gasteiger partial charge in [-0.2, -0.15) is 0 Å². The Labute approximate surface area is 172 Å². The van der Waals surface area contributed by atoms with Crippen molar-refractivity contribution in [2.75, 3.05) is 0 Å². The van der Waals surface area contributed by atoms with Crippen LogP contribution >= 0.6 is 0 Å². The van der Waals surface area contributed by atoms with E-state index in [-0.39, 0.29) is 10.8 Å². The van der Waals surface area contributed by atoms with Crippen molar-refractivity contribution >= 4 is 0 Å². The van der Waals surface area contributed by atoms with E-state index in [1.807, 2.05) is 0 Å². The van der Waals surface area contributed by atoms with Gasteiger partial charge in [0.2, 0.25) is 0 Å². The molecule has 0 N–H and O–H groups in total. The number of rotatable bonds is 0. The summed E-state index contributed by atoms with van der Waals surface area (Å²) in [5.41, 5.74) is 12.4. The first kappa shape index (κ1) is 16.8. The second-order valence-electron chi connectivity index (χ2n) is 9.01. The van der Waals surface area contributed by atoms with Crippen LogP contribution in [0.15, 0.2) is 91.0 Å². The largest absolute Gasteiger partial charge is 0.0719 e. The summed E-state index contributed by atoms with van der Waals surface area (Å²) in [6, 6.07) is 34.1. The second kappa shape index (κ2) is 5.48. The van der Waals surface area contributed by atoms with Crippen molar-refractivity contribution in [1.29, 1.82) is 0 Å². The molecule has 0 amide bonds. The first-order valence-electron chi connectivity index (χ1n) is 10.5. The van der Waals surface area contributed by atoms with Gasteiger partial charge in [0.25, 0.3) is 0 Å². The zero-order chi connectivity index (χ0) is 19.8. The Morgan fingerprint density at radius 1 is 0.483 bits per heavy atom. The highest BCUT2D eigenvalue weighted by molar-refractivity contribution is 5.89. The van der Waals surface area contributed by atoms with Gasteiger partial charge in [-0.15, -0.1) is 0 Å². The maximum atomic E-state index is 2.37. The molecule has 0 unspecified atom stereocenters. The van der Waals surface area contributed by atoms with Gasteiger partial charge >= 0.3 is 0 Å². The summed E-state index contributed by atoms with van der Waals surface area (Å²) in [5, 5.41) is 0. The van der Waals surface area contributed by atoms with Crippen molar-refractivity contribution in [2.24, 2.45) is 0 Å². The van der Waals surface area contributed by atoms with Crippen LogP contribution in [0.5, 0.6) is 0 Å². The fraction of sp³-hybridized carbons (Fsp3) is 0.172. The summed E-state index contributed by atoms with van der Waals surface area (Å²) in [6.45, 7) is 6.99. The van der Waals surface area contributed by atoms with Crippen molar-refractivity contribution in [3.63, 3.8) is 0 Å². The lowest BCUT2D eigenvalue weighted by molar-refractivity contribution is 0.563. The predicted octanol–water partition coefficient (Wildman–Crippen LogP) is 7.00. The minimum atomic E-state index is -0.249. The molecule has 0 saturated carbocycles. The molecule has 0 aliphatic heterocycles. The Balaban J connectivity index is 1.90. The molecule has 0 atom stereocenters. The van der Waals surface area contributed by atoms with Crippen LogP contribution in [0.3, 0.4) is 0 Å². The first-order valence-corrected chi connectivity index (χ1v) is 10.5. The van der Waals surface area contributed by atoms with Crippen LogP contribution in [0.1, 0.15) is 52.8 Å². The number of fused-ring (bicyclic) bond motifs is 9. The minimum Gasteiger partial charge on any atom is -0.0619 e. The van der Waals surface area contributed by atoms with Crippen molar-refractivity contribution in [2.45, 2.75) is 31.6 Å². The molecule has 0 bridgehead atoms. The van der Waals surface area contributed by atoms with Crippen LogP contribution in [0.2, 0.25) is 0 Å². The van der Waals surface area contributed by atoms with Gasteiger partial charge < -0.3 is 0 Å². The Morgan fingerprint density at radius 3 is 1.59 bits per heavy atom. The van der Waals surface area contributed by atoms with E-state index in [9.17, 15) is 0 Å². The van der Waals surface area contributed by atoms with Gasteiger partial charge in [-0.1, -0.05) is 105 Å². The van der Waals surface area contributed by atoms with Crippen LogP contribution in [0.25, 0.3) is 11.1 Å². The minimum absolute atomic E-state index is 0.0278. The van der Waals surface area contributed by atoms with Gasteiger partial charge in [0.1, 0.15) is 0 Å². The Hall–Kier alpha value is -3.12. The number of benzene rings is 4. The van der Waals surface area contributed by atoms with E-state index in [1.54, 1.807) is 0 Å². The standard InChI is InChI=1S/C29H24/c1-19-11-10-18-26-27(19)20-12-4-5-13-21(20)29(26)24-16-8-6-14-22(24)28(2,3)23-15-7-9-17-25(23)29/h4-18H,1-3H3. The fourth-order valence-corrected chi connectivity index (χ4v) is 6.09. The molecule has 0 aromatic heterocycles. The van der Waals surface area contributed by atoms with Crippen LogP contribution < -0.4 is 0 Å². The van der Waals surface area contributed by atoms with Crippen LogP contribution in [0.4, 0.5) is 0 Å². The lowest BCUT2D eigenvalue weighted by atomic mass is 9.55. The highest BCUT2D eigenvalue weighted by atomic mass is 14.5. The lowest BCUT2D eigenvalue weighted by Crippen LogP contribution is -2.40. The van der Waals surface area contributed by atoms with Crippen molar-refractivity contribution in [1.82, 2.24) is 0 Å². The molecule has 0 heterocycles. The highest BCUT2D eigenvalue weighted by Gasteiger charge is 2.53. The quantitative estimate of drug-likeness (QED) is 0.274. The molecule has 0 heteroatoms. The fourth-order valence-electron chi connectivity index (χ4n) is 6.09. The molecular formula is C29H24. The highest BCUT2D eigenvalue weighted by Crippen LogP contribution is 2.62. The summed E-state index contributed by atoms with van der Waals surface area (Å²) < 4.78 is 0. The van der Waals surface area contributed by atoms with E-state index in [0.29, 0.717) is 0 Å². The van der Waals surface area contributed by atoms with Gasteiger partial charge in [0, 0.05) is 5.41 Å². The summed E-state index contributed by atoms with van der Waals surface area (Å²) in [7, 11) is 0. The van der Waals surface area contributed by atoms with E-state index in [4.69, 9.17) is 0 Å². The molecule has 140 valence electrons. The van der Waals surface area contributed by atoms with E-state index >= 15 is 0 Å². The zero-order valence-electron chi connectivity index (χ0n) is 17.2. The molecule has 2 aliphatic rings. The molecular weight excluding hydrogens is 348 g/mol. The molecule has 29 heavy (non-hydrogen) atoms. The number of hydrogen-bond donors (Lipinski definition) is 0. The average molecular weight is 373 g/mol. The molecule has 2 aliphatic carbocycles. The van der Waals surface area contributed by atoms with Gasteiger partial charge in [-0.25, -0.2) is 0 Å². The summed E-state index contributed by atoms with van der Waals surface area (Å²) >= 11 is 0. The SMILES string of the molecule is Cc1cccc2c1-c1ccccc1C21c2ccccc2C(C)(C)c2ccccc21. The molecule has 0 fully saturated rings. The van der Waals surface area contributed by atoms with E-state index in [1.165, 1.54) is 50.1 Å². The van der Waals surface area contributed by atoms with Crippen LogP contribution in [-0.2, 0) is 10.8 Å². The molecule has 1 spiro atoms. The van der Waals surface area contributed by atoms with Crippen LogP contribution in [-0.4, -0.2) is 0 Å². The van der Waals surface area contributed by atoms with Crippen molar-refractivity contribution < 1.29 is 0 Å². The monoisotopic (exact) mass is 372 g/mol. The smallest absolute Gasteiger partial charge is 0.0619 e. The van der Waals surface area contributed by atoms with Crippen LogP contribution in [0, 0.1) is 6.92 Å². The molecule has 4 aromatic rings. The Bertz CT molecular complexity index is 1240. The Morgan fingerprint density at radius 2 is 0.966 bits per heavy atom. The number of aryl methyl sites for hydroxylation is 1. The Kier molecular flexibility index (Phi) is 3.17. The third-order valence-electron chi connectivity index (χ3n) is 7.29. The molecule has 0 saturated heterocycles. The van der Waals surface area contributed by atoms with E-state index in [0.717, 1.165) is 0 Å². The third kappa shape index (κ3) is 1.85. The predicted molar refractivity (Wildman–Crippen MR) is 121 cm³/mol. The summed E-state index contributed by atoms with van der Waals surface area (Å²) in [4.78, 5) is 0. The normalized spacial score (nSPS) is 16.7. The second-order valence-corrected chi connectivity index (χ2v) is 9.01. The van der Waals surface area contributed by atoms with E-state index < -0.39 is 0 Å². The average Bonchev–Trinajstić information content (AvgIpc) is 3.05. The molecule has 6 rings (SSSR count). The molecule has 4 aromatic carbocycles. The van der Waals surface area contributed by atoms with Gasteiger partial charge in [0.05, 0.1) is 5.41 Å². The topological polar surface area (TPSA) is 0 Å². The maximum absolute atomic E-state index is 2.37. The third-order valence-corrected chi connectivity index (χ3v) is 7.29. The van der Waals surface area contributed by atoms with Crippen molar-refractivity contribution in [3.8, 4) is 11.1 Å². The molecule has 0 radical (unpaired) electrons. The van der Waals surface area contributed by atoms with Crippen molar-refractivity contribution in [3.05, 3.63) is 130 Å². The number of hydrogen-bond acceptors (Lipinski definition) is 0. The maximum Gasteiger partial charge on any atom is 0.0719 e. The van der Waals surface area contributed by atoms with Gasteiger partial charge in [-0.3, -0.25) is 0 Å². The molecule has 0 nitrogen and oxygen atoms in total. The summed E-state index contributed by atoms with van der Waals surface area (Å²) in [6.07, 6.45) is 0. The summed E-state index contributed by atoms with van der Waals surface area (Å²) in [5.74, 6) is 0.